The second-order valence-electron chi connectivity index (χ2n) is 5.97. The number of nitrogens with one attached hydrogen (secondary N) is 2. The lowest BCUT2D eigenvalue weighted by atomic mass is 10.2. The zero-order valence-electron chi connectivity index (χ0n) is 14.1. The Kier molecular flexibility index (Phi) is 4.89. The van der Waals surface area contributed by atoms with Gasteiger partial charge in [0, 0.05) is 13.1 Å². The van der Waals surface area contributed by atoms with Crippen molar-refractivity contribution in [1.29, 1.82) is 0 Å². The van der Waals surface area contributed by atoms with Gasteiger partial charge in [-0.15, -0.1) is 0 Å². The molecule has 0 radical (unpaired) electrons. The van der Waals surface area contributed by atoms with E-state index < -0.39 is 0 Å². The highest BCUT2D eigenvalue weighted by Gasteiger charge is 2.18. The second-order valence-corrected chi connectivity index (χ2v) is 5.97. The molecule has 3 rings (SSSR count). The van der Waals surface area contributed by atoms with Crippen molar-refractivity contribution in [3.05, 3.63) is 48.0 Å². The molecule has 0 aliphatic carbocycles. The predicted molar refractivity (Wildman–Crippen MR) is 98.1 cm³/mol. The molecule has 0 saturated carbocycles. The minimum atomic E-state index is -0.0457. The Morgan fingerprint density at radius 2 is 2.12 bits per heavy atom. The summed E-state index contributed by atoms with van der Waals surface area (Å²) in [6.45, 7) is 4.07. The van der Waals surface area contributed by atoms with Crippen molar-refractivity contribution in [2.75, 3.05) is 42.3 Å². The lowest BCUT2D eigenvalue weighted by Gasteiger charge is -2.24. The molecule has 0 atom stereocenters. The molecule has 1 heterocycles. The number of rotatable bonds is 4. The predicted octanol–water partition coefficient (Wildman–Crippen LogP) is 3.26. The number of carbonyl (C=O) groups excluding carboxylic acids is 1. The third kappa shape index (κ3) is 3.62. The molecular formula is C19H23N3O2. The third-order valence-electron chi connectivity index (χ3n) is 4.13. The quantitative estimate of drug-likeness (QED) is 0.906. The molecule has 2 aromatic carbocycles. The summed E-state index contributed by atoms with van der Waals surface area (Å²) in [7, 11) is 1.61. The molecule has 0 spiro atoms. The first-order valence-electron chi connectivity index (χ1n) is 8.20. The molecular weight excluding hydrogens is 302 g/mol. The number of hydrogen-bond acceptors (Lipinski definition) is 4. The average Bonchev–Trinajstić information content (AvgIpc) is 2.78. The van der Waals surface area contributed by atoms with E-state index in [0.717, 1.165) is 36.4 Å². The zero-order chi connectivity index (χ0) is 16.9. The molecule has 1 aliphatic rings. The lowest BCUT2D eigenvalue weighted by Crippen LogP contribution is -2.33. The first kappa shape index (κ1) is 16.2. The van der Waals surface area contributed by atoms with Crippen LogP contribution in [0.1, 0.15) is 12.0 Å². The fourth-order valence-corrected chi connectivity index (χ4v) is 2.96. The fraction of sp³-hybridized carbons (Fsp3) is 0.316. The minimum absolute atomic E-state index is 0.0457. The minimum Gasteiger partial charge on any atom is -0.495 e. The number of ether oxygens (including phenoxy) is 1. The Hall–Kier alpha value is -2.69. The van der Waals surface area contributed by atoms with Gasteiger partial charge in [-0.3, -0.25) is 4.79 Å². The summed E-state index contributed by atoms with van der Waals surface area (Å²) in [5.41, 5.74) is 3.94. The fourth-order valence-electron chi connectivity index (χ4n) is 2.96. The maximum Gasteiger partial charge on any atom is 0.243 e. The lowest BCUT2D eigenvalue weighted by molar-refractivity contribution is -0.115. The summed E-state index contributed by atoms with van der Waals surface area (Å²) < 4.78 is 5.33. The van der Waals surface area contributed by atoms with Crippen molar-refractivity contribution in [2.45, 2.75) is 13.3 Å². The van der Waals surface area contributed by atoms with Gasteiger partial charge in [0.15, 0.2) is 0 Å². The largest absolute Gasteiger partial charge is 0.495 e. The van der Waals surface area contributed by atoms with Gasteiger partial charge in [-0.05, 0) is 43.2 Å². The highest BCUT2D eigenvalue weighted by atomic mass is 16.5. The number of amides is 1. The number of para-hydroxylation sites is 2. The van der Waals surface area contributed by atoms with Crippen LogP contribution in [0.5, 0.6) is 5.75 Å². The molecule has 24 heavy (non-hydrogen) atoms. The summed E-state index contributed by atoms with van der Waals surface area (Å²) >= 11 is 0. The Morgan fingerprint density at radius 3 is 2.96 bits per heavy atom. The molecule has 5 heteroatoms. The van der Waals surface area contributed by atoms with Crippen LogP contribution in [-0.4, -0.2) is 32.7 Å². The van der Waals surface area contributed by atoms with Gasteiger partial charge in [0.05, 0.1) is 30.7 Å². The van der Waals surface area contributed by atoms with E-state index in [-0.39, 0.29) is 5.91 Å². The summed E-state index contributed by atoms with van der Waals surface area (Å²) in [5.74, 6) is 0.627. The van der Waals surface area contributed by atoms with E-state index in [4.69, 9.17) is 4.74 Å². The third-order valence-corrected chi connectivity index (χ3v) is 4.13. The molecule has 0 saturated heterocycles. The van der Waals surface area contributed by atoms with Gasteiger partial charge in [0.25, 0.3) is 0 Å². The number of hydrogen-bond donors (Lipinski definition) is 2. The Morgan fingerprint density at radius 1 is 1.29 bits per heavy atom. The van der Waals surface area contributed by atoms with E-state index in [1.54, 1.807) is 7.11 Å². The molecule has 2 aromatic rings. The van der Waals surface area contributed by atoms with Gasteiger partial charge < -0.3 is 20.3 Å². The summed E-state index contributed by atoms with van der Waals surface area (Å²) in [5, 5.41) is 6.39. The van der Waals surface area contributed by atoms with Crippen molar-refractivity contribution < 1.29 is 9.53 Å². The number of carbonyl (C=O) groups is 1. The number of anilines is 3. The Balaban J connectivity index is 1.75. The molecule has 2 N–H and O–H groups in total. The van der Waals surface area contributed by atoms with Crippen molar-refractivity contribution in [3.63, 3.8) is 0 Å². The van der Waals surface area contributed by atoms with Gasteiger partial charge in [0.1, 0.15) is 5.75 Å². The molecule has 1 amide bonds. The molecule has 0 unspecified atom stereocenters. The van der Waals surface area contributed by atoms with E-state index in [1.165, 1.54) is 0 Å². The van der Waals surface area contributed by atoms with Gasteiger partial charge >= 0.3 is 0 Å². The SMILES string of the molecule is COc1ccc(C)cc1NC(=O)CN1CCCNc2ccccc21. The summed E-state index contributed by atoms with van der Waals surface area (Å²) in [4.78, 5) is 14.7. The number of fused-ring (bicyclic) bond motifs is 1. The van der Waals surface area contributed by atoms with Crippen molar-refractivity contribution in [2.24, 2.45) is 0 Å². The van der Waals surface area contributed by atoms with E-state index in [0.29, 0.717) is 18.0 Å². The second kappa shape index (κ2) is 7.25. The first-order chi connectivity index (χ1) is 11.7. The van der Waals surface area contributed by atoms with Crippen LogP contribution in [0.2, 0.25) is 0 Å². The molecule has 0 bridgehead atoms. The topological polar surface area (TPSA) is 53.6 Å². The van der Waals surface area contributed by atoms with Crippen LogP contribution >= 0.6 is 0 Å². The average molecular weight is 325 g/mol. The molecule has 5 nitrogen and oxygen atoms in total. The monoisotopic (exact) mass is 325 g/mol. The van der Waals surface area contributed by atoms with Crippen LogP contribution in [0.25, 0.3) is 0 Å². The van der Waals surface area contributed by atoms with Crippen molar-refractivity contribution in [3.8, 4) is 5.75 Å². The van der Waals surface area contributed by atoms with Crippen LogP contribution < -0.4 is 20.3 Å². The Bertz CT molecular complexity index is 730. The number of nitrogens with zero attached hydrogens (tertiary/aromatic N) is 1. The van der Waals surface area contributed by atoms with Crippen LogP contribution in [0.3, 0.4) is 0 Å². The van der Waals surface area contributed by atoms with E-state index in [2.05, 4.69) is 21.6 Å². The van der Waals surface area contributed by atoms with Crippen molar-refractivity contribution in [1.82, 2.24) is 0 Å². The van der Waals surface area contributed by atoms with Crippen LogP contribution in [0.15, 0.2) is 42.5 Å². The number of methoxy groups -OCH3 is 1. The van der Waals surface area contributed by atoms with E-state index in [1.807, 2.05) is 43.3 Å². The molecule has 0 fully saturated rings. The first-order valence-corrected chi connectivity index (χ1v) is 8.20. The maximum atomic E-state index is 12.6. The standard InChI is InChI=1S/C19H23N3O2/c1-14-8-9-18(24-2)16(12-14)21-19(23)13-22-11-5-10-20-15-6-3-4-7-17(15)22/h3-4,6-9,12,20H,5,10-11,13H2,1-2H3,(H,21,23). The maximum absolute atomic E-state index is 12.6. The zero-order valence-corrected chi connectivity index (χ0v) is 14.1. The highest BCUT2D eigenvalue weighted by Crippen LogP contribution is 2.28. The van der Waals surface area contributed by atoms with Gasteiger partial charge in [0.2, 0.25) is 5.91 Å². The smallest absolute Gasteiger partial charge is 0.243 e. The van der Waals surface area contributed by atoms with Crippen LogP contribution in [-0.2, 0) is 4.79 Å². The molecule has 1 aliphatic heterocycles. The normalized spacial score (nSPS) is 13.5. The van der Waals surface area contributed by atoms with Crippen LogP contribution in [0.4, 0.5) is 17.1 Å². The number of benzene rings is 2. The van der Waals surface area contributed by atoms with E-state index in [9.17, 15) is 4.79 Å². The molecule has 0 aromatic heterocycles. The van der Waals surface area contributed by atoms with Gasteiger partial charge in [-0.2, -0.15) is 0 Å². The Labute approximate surface area is 142 Å². The summed E-state index contributed by atoms with van der Waals surface area (Å²) in [6.07, 6.45) is 0.996. The van der Waals surface area contributed by atoms with Crippen molar-refractivity contribution >= 4 is 23.0 Å². The highest BCUT2D eigenvalue weighted by molar-refractivity contribution is 5.96. The van der Waals surface area contributed by atoms with Gasteiger partial charge in [-0.25, -0.2) is 0 Å². The van der Waals surface area contributed by atoms with E-state index >= 15 is 0 Å². The van der Waals surface area contributed by atoms with Gasteiger partial charge in [-0.1, -0.05) is 18.2 Å². The molecule has 126 valence electrons. The summed E-state index contributed by atoms with van der Waals surface area (Å²) in [6, 6.07) is 13.9. The van der Waals surface area contributed by atoms with Crippen LogP contribution in [0, 0.1) is 6.92 Å². The number of aryl methyl sites for hydroxylation is 1.